The van der Waals surface area contributed by atoms with Crippen LogP contribution in [0.4, 0.5) is 5.69 Å². The highest BCUT2D eigenvalue weighted by atomic mass is 32.1. The van der Waals surface area contributed by atoms with Gasteiger partial charge in [-0.2, -0.15) is 0 Å². The lowest BCUT2D eigenvalue weighted by Crippen LogP contribution is -2.02. The fourth-order valence-corrected chi connectivity index (χ4v) is 2.80. The predicted octanol–water partition coefficient (Wildman–Crippen LogP) is 3.91. The Morgan fingerprint density at radius 1 is 1.26 bits per heavy atom. The lowest BCUT2D eigenvalue weighted by atomic mass is 9.99. The summed E-state index contributed by atoms with van der Waals surface area (Å²) in [6.07, 6.45) is 0. The summed E-state index contributed by atoms with van der Waals surface area (Å²) in [5.41, 5.74) is 9.71. The molecular weight excluding hydrogens is 258 g/mol. The first kappa shape index (κ1) is 13.6. The number of carbonyl (C=O) groups excluding carboxylic acids is 1. The summed E-state index contributed by atoms with van der Waals surface area (Å²) in [6, 6.07) is 8.26. The van der Waals surface area contributed by atoms with E-state index in [9.17, 15) is 4.79 Å². The van der Waals surface area contributed by atoms with Crippen LogP contribution < -0.4 is 5.73 Å². The van der Waals surface area contributed by atoms with Crippen LogP contribution in [0.1, 0.15) is 35.0 Å². The van der Waals surface area contributed by atoms with Crippen LogP contribution >= 0.6 is 11.3 Å². The molecule has 0 aliphatic heterocycles. The fraction of sp³-hybridized carbons (Fsp3) is 0.267. The van der Waals surface area contributed by atoms with Crippen LogP contribution in [0.2, 0.25) is 0 Å². The Balaban J connectivity index is 2.37. The minimum atomic E-state index is -0.382. The van der Waals surface area contributed by atoms with Crippen molar-refractivity contribution in [2.45, 2.75) is 19.8 Å². The number of nitrogen functional groups attached to an aromatic ring is 1. The van der Waals surface area contributed by atoms with E-state index in [-0.39, 0.29) is 5.97 Å². The van der Waals surface area contributed by atoms with Crippen LogP contribution in [0.5, 0.6) is 0 Å². The van der Waals surface area contributed by atoms with Crippen molar-refractivity contribution < 1.29 is 9.53 Å². The molecule has 0 atom stereocenters. The molecule has 0 fully saturated rings. The Bertz CT molecular complexity index is 585. The summed E-state index contributed by atoms with van der Waals surface area (Å²) in [4.78, 5) is 12.0. The predicted molar refractivity (Wildman–Crippen MR) is 79.6 cm³/mol. The minimum absolute atomic E-state index is 0.382. The Labute approximate surface area is 117 Å². The van der Waals surface area contributed by atoms with E-state index in [1.54, 1.807) is 0 Å². The topological polar surface area (TPSA) is 52.3 Å². The van der Waals surface area contributed by atoms with E-state index in [2.05, 4.69) is 26.0 Å². The number of rotatable bonds is 3. The third kappa shape index (κ3) is 2.63. The monoisotopic (exact) mass is 275 g/mol. The first-order valence-corrected chi connectivity index (χ1v) is 6.98. The summed E-state index contributed by atoms with van der Waals surface area (Å²) in [6.45, 7) is 4.31. The molecule has 2 N–H and O–H groups in total. The van der Waals surface area contributed by atoms with Crippen LogP contribution in [-0.2, 0) is 4.74 Å². The maximum atomic E-state index is 11.5. The summed E-state index contributed by atoms with van der Waals surface area (Å²) >= 11 is 1.31. The van der Waals surface area contributed by atoms with Gasteiger partial charge < -0.3 is 10.5 Å². The normalized spacial score (nSPS) is 10.7. The zero-order chi connectivity index (χ0) is 14.0. The van der Waals surface area contributed by atoms with Crippen molar-refractivity contribution >= 4 is 23.0 Å². The average molecular weight is 275 g/mol. The molecule has 0 saturated carbocycles. The van der Waals surface area contributed by atoms with Gasteiger partial charge in [-0.15, -0.1) is 11.3 Å². The number of hydrogen-bond donors (Lipinski definition) is 1. The maximum Gasteiger partial charge on any atom is 0.350 e. The minimum Gasteiger partial charge on any atom is -0.465 e. The summed E-state index contributed by atoms with van der Waals surface area (Å²) < 4.78 is 4.71. The Morgan fingerprint density at radius 2 is 1.89 bits per heavy atom. The van der Waals surface area contributed by atoms with Gasteiger partial charge in [0.1, 0.15) is 4.88 Å². The Hall–Kier alpha value is -1.81. The molecule has 2 aromatic rings. The molecule has 2 rings (SSSR count). The molecule has 1 aromatic carbocycles. The van der Waals surface area contributed by atoms with Gasteiger partial charge in [0.2, 0.25) is 0 Å². The summed E-state index contributed by atoms with van der Waals surface area (Å²) in [7, 11) is 1.36. The molecule has 0 amide bonds. The van der Waals surface area contributed by atoms with Crippen LogP contribution in [0, 0.1) is 0 Å². The molecule has 0 unspecified atom stereocenters. The molecule has 1 heterocycles. The van der Waals surface area contributed by atoms with Crippen molar-refractivity contribution in [2.24, 2.45) is 0 Å². The van der Waals surface area contributed by atoms with E-state index in [1.165, 1.54) is 24.0 Å². The van der Waals surface area contributed by atoms with Gasteiger partial charge in [0.05, 0.1) is 12.8 Å². The van der Waals surface area contributed by atoms with Crippen molar-refractivity contribution in [3.63, 3.8) is 0 Å². The second kappa shape index (κ2) is 5.45. The van der Waals surface area contributed by atoms with Crippen molar-refractivity contribution in [1.82, 2.24) is 0 Å². The highest BCUT2D eigenvalue weighted by molar-refractivity contribution is 7.13. The van der Waals surface area contributed by atoms with E-state index in [0.29, 0.717) is 16.5 Å². The molecular formula is C15H17NO2S. The quantitative estimate of drug-likeness (QED) is 0.864. The van der Waals surface area contributed by atoms with Crippen molar-refractivity contribution in [3.05, 3.63) is 40.1 Å². The van der Waals surface area contributed by atoms with Crippen LogP contribution in [-0.4, -0.2) is 13.1 Å². The number of thiophene rings is 1. The van der Waals surface area contributed by atoms with Gasteiger partial charge in [0.25, 0.3) is 0 Å². The van der Waals surface area contributed by atoms with Crippen LogP contribution in [0.25, 0.3) is 11.1 Å². The third-order valence-electron chi connectivity index (χ3n) is 3.09. The number of ether oxygens (including phenoxy) is 1. The average Bonchev–Trinajstić information content (AvgIpc) is 2.80. The lowest BCUT2D eigenvalue weighted by Gasteiger charge is -2.07. The zero-order valence-corrected chi connectivity index (χ0v) is 12.1. The standard InChI is InChI=1S/C15H17NO2S/c1-9(2)10-4-6-11(7-5-10)12-8-19-14(13(12)16)15(17)18-3/h4-9H,16H2,1-3H3. The summed E-state index contributed by atoms with van der Waals surface area (Å²) in [5, 5.41) is 1.89. The fourth-order valence-electron chi connectivity index (χ4n) is 1.89. The van der Waals surface area contributed by atoms with Gasteiger partial charge in [0, 0.05) is 10.9 Å². The molecule has 0 radical (unpaired) electrons. The van der Waals surface area contributed by atoms with E-state index >= 15 is 0 Å². The number of carbonyl (C=O) groups is 1. The van der Waals surface area contributed by atoms with E-state index in [0.717, 1.165) is 11.1 Å². The molecule has 1 aromatic heterocycles. The molecule has 0 saturated heterocycles. The van der Waals surface area contributed by atoms with E-state index in [4.69, 9.17) is 10.5 Å². The molecule has 3 nitrogen and oxygen atoms in total. The molecule has 100 valence electrons. The van der Waals surface area contributed by atoms with Crippen molar-refractivity contribution in [1.29, 1.82) is 0 Å². The number of benzene rings is 1. The van der Waals surface area contributed by atoms with Crippen LogP contribution in [0.3, 0.4) is 0 Å². The molecule has 0 aliphatic rings. The number of methoxy groups -OCH3 is 1. The highest BCUT2D eigenvalue weighted by Crippen LogP contribution is 2.34. The smallest absolute Gasteiger partial charge is 0.350 e. The molecule has 0 aliphatic carbocycles. The largest absolute Gasteiger partial charge is 0.465 e. The zero-order valence-electron chi connectivity index (χ0n) is 11.3. The Morgan fingerprint density at radius 3 is 2.42 bits per heavy atom. The van der Waals surface area contributed by atoms with Crippen LogP contribution in [0.15, 0.2) is 29.6 Å². The second-order valence-corrected chi connectivity index (χ2v) is 5.54. The molecule has 19 heavy (non-hydrogen) atoms. The Kier molecular flexibility index (Phi) is 3.90. The second-order valence-electron chi connectivity index (χ2n) is 4.66. The first-order valence-electron chi connectivity index (χ1n) is 6.10. The van der Waals surface area contributed by atoms with Gasteiger partial charge in [0.15, 0.2) is 0 Å². The number of hydrogen-bond acceptors (Lipinski definition) is 4. The maximum absolute atomic E-state index is 11.5. The molecule has 0 spiro atoms. The van der Waals surface area contributed by atoms with Gasteiger partial charge in [-0.1, -0.05) is 38.1 Å². The van der Waals surface area contributed by atoms with Crippen molar-refractivity contribution in [3.8, 4) is 11.1 Å². The van der Waals surface area contributed by atoms with Crippen molar-refractivity contribution in [2.75, 3.05) is 12.8 Å². The van der Waals surface area contributed by atoms with E-state index < -0.39 is 0 Å². The van der Waals surface area contributed by atoms with E-state index in [1.807, 2.05) is 17.5 Å². The summed E-state index contributed by atoms with van der Waals surface area (Å²) in [5.74, 6) is 0.118. The van der Waals surface area contributed by atoms with Gasteiger partial charge in [-0.25, -0.2) is 4.79 Å². The number of esters is 1. The number of nitrogens with two attached hydrogens (primary N) is 1. The molecule has 0 bridgehead atoms. The third-order valence-corrected chi connectivity index (χ3v) is 4.06. The van der Waals surface area contributed by atoms with Gasteiger partial charge >= 0.3 is 5.97 Å². The molecule has 4 heteroatoms. The van der Waals surface area contributed by atoms with Gasteiger partial charge in [-0.3, -0.25) is 0 Å². The first-order chi connectivity index (χ1) is 9.04. The van der Waals surface area contributed by atoms with Gasteiger partial charge in [-0.05, 0) is 17.0 Å². The highest BCUT2D eigenvalue weighted by Gasteiger charge is 2.17. The SMILES string of the molecule is COC(=O)c1scc(-c2ccc(C(C)C)cc2)c1N. The number of anilines is 1. The lowest BCUT2D eigenvalue weighted by molar-refractivity contribution is 0.0607.